The van der Waals surface area contributed by atoms with Crippen molar-refractivity contribution in [1.82, 2.24) is 14.5 Å². The van der Waals surface area contributed by atoms with Crippen LogP contribution < -0.4 is 4.72 Å². The molecule has 1 atom stereocenters. The molecular weight excluding hydrogens is 433 g/mol. The van der Waals surface area contributed by atoms with Crippen LogP contribution in [0.5, 0.6) is 0 Å². The van der Waals surface area contributed by atoms with E-state index in [4.69, 9.17) is 4.74 Å². The Morgan fingerprint density at radius 1 is 1.25 bits per heavy atom. The van der Waals surface area contributed by atoms with Crippen molar-refractivity contribution >= 4 is 16.0 Å². The Bertz CT molecular complexity index is 1230. The molecule has 0 radical (unpaired) electrons. The summed E-state index contributed by atoms with van der Waals surface area (Å²) >= 11 is 0. The molecule has 0 bridgehead atoms. The van der Waals surface area contributed by atoms with Crippen molar-refractivity contribution in [2.24, 2.45) is 0 Å². The summed E-state index contributed by atoms with van der Waals surface area (Å²) in [5.74, 6) is -0.999. The van der Waals surface area contributed by atoms with Gasteiger partial charge in [0.1, 0.15) is 12.4 Å². The van der Waals surface area contributed by atoms with Crippen molar-refractivity contribution in [3.05, 3.63) is 71.8 Å². The monoisotopic (exact) mass is 457 g/mol. The smallest absolute Gasteiger partial charge is 0.327 e. The number of hydrogen-bond donors (Lipinski definition) is 1. The number of benzene rings is 2. The van der Waals surface area contributed by atoms with Crippen LogP contribution in [0.15, 0.2) is 59.6 Å². The fourth-order valence-corrected chi connectivity index (χ4v) is 5.24. The molecule has 1 unspecified atom stereocenters. The van der Waals surface area contributed by atoms with Crippen molar-refractivity contribution in [2.75, 3.05) is 6.61 Å². The van der Waals surface area contributed by atoms with Crippen LogP contribution in [-0.2, 0) is 32.5 Å². The van der Waals surface area contributed by atoms with Gasteiger partial charge in [-0.15, -0.1) is 0 Å². The van der Waals surface area contributed by atoms with Gasteiger partial charge in [0, 0.05) is 16.8 Å². The molecule has 1 aliphatic carbocycles. The van der Waals surface area contributed by atoms with Gasteiger partial charge in [0.25, 0.3) is 0 Å². The molecule has 2 aromatic carbocycles. The van der Waals surface area contributed by atoms with Gasteiger partial charge in [-0.05, 0) is 43.9 Å². The van der Waals surface area contributed by atoms with E-state index < -0.39 is 27.9 Å². The van der Waals surface area contributed by atoms with Crippen molar-refractivity contribution in [3.63, 3.8) is 0 Å². The molecule has 168 valence electrons. The molecule has 0 saturated heterocycles. The molecule has 4 rings (SSSR count). The van der Waals surface area contributed by atoms with Crippen molar-refractivity contribution in [3.8, 4) is 11.1 Å². The third-order valence-electron chi connectivity index (χ3n) is 5.48. The van der Waals surface area contributed by atoms with Crippen molar-refractivity contribution in [1.29, 1.82) is 0 Å². The maximum atomic E-state index is 14.7. The van der Waals surface area contributed by atoms with Gasteiger partial charge in [-0.3, -0.25) is 9.48 Å². The highest BCUT2D eigenvalue weighted by Gasteiger charge is 2.29. The SMILES string of the molecule is CCOC(=O)Cn1ncc2c1CCCC2NS(=O)(=O)c1ccc(-c2ccccc2)c(F)c1. The Labute approximate surface area is 186 Å². The molecule has 0 aliphatic heterocycles. The summed E-state index contributed by atoms with van der Waals surface area (Å²) in [7, 11) is -3.97. The van der Waals surface area contributed by atoms with Crippen LogP contribution in [0, 0.1) is 5.82 Å². The van der Waals surface area contributed by atoms with E-state index in [1.165, 1.54) is 12.1 Å². The molecule has 1 aliphatic rings. The molecule has 1 N–H and O–H groups in total. The zero-order valence-corrected chi connectivity index (χ0v) is 18.4. The van der Waals surface area contributed by atoms with E-state index in [0.717, 1.165) is 23.7 Å². The number of hydrogen-bond acceptors (Lipinski definition) is 5. The lowest BCUT2D eigenvalue weighted by Crippen LogP contribution is -2.31. The number of carbonyl (C=O) groups is 1. The third kappa shape index (κ3) is 4.58. The van der Waals surface area contributed by atoms with Crippen LogP contribution in [0.1, 0.15) is 37.1 Å². The summed E-state index contributed by atoms with van der Waals surface area (Å²) in [5.41, 5.74) is 2.55. The first kappa shape index (κ1) is 22.2. The molecule has 9 heteroatoms. The number of ether oxygens (including phenoxy) is 1. The van der Waals surface area contributed by atoms with E-state index in [-0.39, 0.29) is 18.0 Å². The molecule has 0 spiro atoms. The second-order valence-electron chi connectivity index (χ2n) is 7.58. The molecule has 0 fully saturated rings. The number of carbonyl (C=O) groups excluding carboxylic acids is 1. The van der Waals surface area contributed by atoms with E-state index in [2.05, 4.69) is 9.82 Å². The van der Waals surface area contributed by atoms with Crippen LogP contribution in [-0.4, -0.2) is 30.8 Å². The average Bonchev–Trinajstić information content (AvgIpc) is 3.18. The van der Waals surface area contributed by atoms with E-state index in [1.54, 1.807) is 42.1 Å². The number of rotatable bonds is 7. The molecule has 1 aromatic heterocycles. The normalized spacial score (nSPS) is 15.9. The van der Waals surface area contributed by atoms with Gasteiger partial charge in [0.2, 0.25) is 10.0 Å². The Morgan fingerprint density at radius 2 is 2.03 bits per heavy atom. The summed E-state index contributed by atoms with van der Waals surface area (Å²) in [6.07, 6.45) is 3.59. The fourth-order valence-electron chi connectivity index (χ4n) is 3.98. The zero-order chi connectivity index (χ0) is 22.7. The summed E-state index contributed by atoms with van der Waals surface area (Å²) in [6, 6.07) is 12.4. The first-order chi connectivity index (χ1) is 15.4. The molecule has 32 heavy (non-hydrogen) atoms. The summed E-state index contributed by atoms with van der Waals surface area (Å²) < 4.78 is 49.9. The minimum Gasteiger partial charge on any atom is -0.465 e. The average molecular weight is 458 g/mol. The maximum Gasteiger partial charge on any atom is 0.327 e. The third-order valence-corrected chi connectivity index (χ3v) is 6.95. The van der Waals surface area contributed by atoms with Crippen molar-refractivity contribution < 1.29 is 22.3 Å². The Morgan fingerprint density at radius 3 is 2.75 bits per heavy atom. The van der Waals surface area contributed by atoms with Gasteiger partial charge in [-0.1, -0.05) is 36.4 Å². The van der Waals surface area contributed by atoms with E-state index in [1.807, 2.05) is 6.07 Å². The maximum absolute atomic E-state index is 14.7. The molecule has 3 aromatic rings. The van der Waals surface area contributed by atoms with Gasteiger partial charge < -0.3 is 4.74 Å². The van der Waals surface area contributed by atoms with Crippen LogP contribution >= 0.6 is 0 Å². The lowest BCUT2D eigenvalue weighted by molar-refractivity contribution is -0.144. The number of halogens is 1. The molecule has 0 amide bonds. The number of nitrogens with one attached hydrogen (secondary N) is 1. The van der Waals surface area contributed by atoms with Gasteiger partial charge in [0.15, 0.2) is 0 Å². The topological polar surface area (TPSA) is 90.3 Å². The van der Waals surface area contributed by atoms with Crippen LogP contribution in [0.25, 0.3) is 11.1 Å². The van der Waals surface area contributed by atoms with Gasteiger partial charge in [-0.2, -0.15) is 5.10 Å². The quantitative estimate of drug-likeness (QED) is 0.548. The predicted molar refractivity (Wildman–Crippen MR) is 117 cm³/mol. The van der Waals surface area contributed by atoms with E-state index >= 15 is 0 Å². The first-order valence-corrected chi connectivity index (χ1v) is 11.9. The second kappa shape index (κ2) is 9.22. The number of sulfonamides is 1. The molecular formula is C23H24FN3O4S. The zero-order valence-electron chi connectivity index (χ0n) is 17.6. The number of esters is 1. The Kier molecular flexibility index (Phi) is 6.38. The summed E-state index contributed by atoms with van der Waals surface area (Å²) in [6.45, 7) is 2.00. The van der Waals surface area contributed by atoms with E-state index in [0.29, 0.717) is 24.0 Å². The minimum atomic E-state index is -3.97. The highest BCUT2D eigenvalue weighted by Crippen LogP contribution is 2.32. The minimum absolute atomic E-state index is 0.0190. The largest absolute Gasteiger partial charge is 0.465 e. The van der Waals surface area contributed by atoms with Crippen LogP contribution in [0.4, 0.5) is 4.39 Å². The number of fused-ring (bicyclic) bond motifs is 1. The predicted octanol–water partition coefficient (Wildman–Crippen LogP) is 3.61. The lowest BCUT2D eigenvalue weighted by Gasteiger charge is -2.24. The Balaban J connectivity index is 1.56. The standard InChI is InChI=1S/C23H24FN3O4S/c1-2-31-23(28)15-27-22-10-6-9-21(19(22)14-25-27)26-32(29,30)17-11-12-18(20(24)13-17)16-7-4-3-5-8-16/h3-5,7-8,11-14,21,26H,2,6,9-10,15H2,1H3. The molecule has 0 saturated carbocycles. The van der Waals surface area contributed by atoms with Crippen LogP contribution in [0.3, 0.4) is 0 Å². The molecule has 1 heterocycles. The first-order valence-electron chi connectivity index (χ1n) is 10.5. The number of nitrogens with zero attached hydrogens (tertiary/aromatic N) is 2. The van der Waals surface area contributed by atoms with Crippen LogP contribution in [0.2, 0.25) is 0 Å². The highest BCUT2D eigenvalue weighted by atomic mass is 32.2. The van der Waals surface area contributed by atoms with Gasteiger partial charge in [0.05, 0.1) is 23.7 Å². The van der Waals surface area contributed by atoms with Gasteiger partial charge >= 0.3 is 5.97 Å². The van der Waals surface area contributed by atoms with Gasteiger partial charge in [-0.25, -0.2) is 17.5 Å². The molecule has 7 nitrogen and oxygen atoms in total. The summed E-state index contributed by atoms with van der Waals surface area (Å²) in [5, 5.41) is 4.25. The van der Waals surface area contributed by atoms with Crippen molar-refractivity contribution in [2.45, 2.75) is 43.7 Å². The fraction of sp³-hybridized carbons (Fsp3) is 0.304. The highest BCUT2D eigenvalue weighted by molar-refractivity contribution is 7.89. The number of aromatic nitrogens is 2. The summed E-state index contributed by atoms with van der Waals surface area (Å²) in [4.78, 5) is 11.7. The lowest BCUT2D eigenvalue weighted by atomic mass is 9.94. The van der Waals surface area contributed by atoms with E-state index in [9.17, 15) is 17.6 Å². The Hall–Kier alpha value is -3.04. The second-order valence-corrected chi connectivity index (χ2v) is 9.30.